The van der Waals surface area contributed by atoms with Crippen molar-refractivity contribution in [1.82, 2.24) is 5.32 Å². The highest BCUT2D eigenvalue weighted by molar-refractivity contribution is 7.99. The highest BCUT2D eigenvalue weighted by Gasteiger charge is 2.15. The maximum Gasteiger partial charge on any atom is 0.00852 e. The van der Waals surface area contributed by atoms with Crippen molar-refractivity contribution in [2.24, 2.45) is 0 Å². The van der Waals surface area contributed by atoms with Crippen LogP contribution >= 0.6 is 11.8 Å². The topological polar surface area (TPSA) is 12.0 Å². The third kappa shape index (κ3) is 4.66. The molecule has 2 rings (SSSR count). The Labute approximate surface area is 116 Å². The molecule has 0 spiro atoms. The van der Waals surface area contributed by atoms with Gasteiger partial charge in [0.2, 0.25) is 0 Å². The Hall–Kier alpha value is -0.470. The summed E-state index contributed by atoms with van der Waals surface area (Å²) in [5, 5.41) is 3.79. The second-order valence-electron chi connectivity index (χ2n) is 5.48. The Kier molecular flexibility index (Phi) is 5.58. The molecular weight excluding hydrogens is 238 g/mol. The van der Waals surface area contributed by atoms with Crippen LogP contribution in [0.2, 0.25) is 0 Å². The van der Waals surface area contributed by atoms with E-state index in [1.165, 1.54) is 48.3 Å². The number of thioether (sulfide) groups is 1. The maximum atomic E-state index is 3.79. The van der Waals surface area contributed by atoms with Crippen molar-refractivity contribution in [1.29, 1.82) is 0 Å². The van der Waals surface area contributed by atoms with E-state index >= 15 is 0 Å². The molecule has 1 aliphatic rings. The first kappa shape index (κ1) is 14.0. The molecular formula is C16H25NS. The van der Waals surface area contributed by atoms with E-state index in [1.54, 1.807) is 0 Å². The Balaban J connectivity index is 1.72. The van der Waals surface area contributed by atoms with Crippen molar-refractivity contribution in [3.63, 3.8) is 0 Å². The normalized spacial score (nSPS) is 18.8. The number of hydrogen-bond donors (Lipinski definition) is 1. The first-order valence-corrected chi connectivity index (χ1v) is 8.29. The van der Waals surface area contributed by atoms with Crippen LogP contribution < -0.4 is 5.32 Å². The minimum Gasteiger partial charge on any atom is -0.311 e. The average Bonchev–Trinajstić information content (AvgIpc) is 2.38. The third-order valence-electron chi connectivity index (χ3n) is 3.69. The molecule has 1 aromatic rings. The van der Waals surface area contributed by atoms with Crippen LogP contribution in [-0.4, -0.2) is 23.6 Å². The SMILES string of the molecule is Cc1cccc(CCC(C)NC2CCSCC2)c1. The minimum absolute atomic E-state index is 0.638. The number of nitrogens with one attached hydrogen (secondary N) is 1. The van der Waals surface area contributed by atoms with Gasteiger partial charge in [-0.2, -0.15) is 11.8 Å². The first-order valence-electron chi connectivity index (χ1n) is 7.13. The van der Waals surface area contributed by atoms with Gasteiger partial charge >= 0.3 is 0 Å². The van der Waals surface area contributed by atoms with Crippen molar-refractivity contribution in [2.45, 2.75) is 51.6 Å². The fourth-order valence-corrected chi connectivity index (χ4v) is 3.71. The molecule has 0 amide bonds. The number of benzene rings is 1. The van der Waals surface area contributed by atoms with E-state index in [2.05, 4.69) is 55.2 Å². The Bertz CT molecular complexity index is 358. The minimum atomic E-state index is 0.638. The van der Waals surface area contributed by atoms with Gasteiger partial charge in [0.15, 0.2) is 0 Å². The van der Waals surface area contributed by atoms with Crippen molar-refractivity contribution < 1.29 is 0 Å². The Morgan fingerprint density at radius 1 is 1.33 bits per heavy atom. The summed E-state index contributed by atoms with van der Waals surface area (Å²) < 4.78 is 0. The van der Waals surface area contributed by atoms with E-state index in [-0.39, 0.29) is 0 Å². The number of aryl methyl sites for hydroxylation is 2. The van der Waals surface area contributed by atoms with Crippen LogP contribution in [0, 0.1) is 6.92 Å². The summed E-state index contributed by atoms with van der Waals surface area (Å²) in [6.07, 6.45) is 5.13. The summed E-state index contributed by atoms with van der Waals surface area (Å²) in [7, 11) is 0. The van der Waals surface area contributed by atoms with Gasteiger partial charge in [-0.1, -0.05) is 29.8 Å². The van der Waals surface area contributed by atoms with Gasteiger partial charge in [-0.3, -0.25) is 0 Å². The molecule has 1 aromatic carbocycles. The molecule has 1 saturated heterocycles. The zero-order valence-electron chi connectivity index (χ0n) is 11.6. The highest BCUT2D eigenvalue weighted by atomic mass is 32.2. The Morgan fingerprint density at radius 2 is 2.11 bits per heavy atom. The van der Waals surface area contributed by atoms with Crippen LogP contribution in [0.5, 0.6) is 0 Å². The van der Waals surface area contributed by atoms with E-state index in [1.807, 2.05) is 0 Å². The zero-order valence-corrected chi connectivity index (χ0v) is 12.4. The average molecular weight is 263 g/mol. The molecule has 1 aliphatic heterocycles. The van der Waals surface area contributed by atoms with Crippen molar-refractivity contribution in [2.75, 3.05) is 11.5 Å². The number of rotatable bonds is 5. The fourth-order valence-electron chi connectivity index (χ4n) is 2.60. The van der Waals surface area contributed by atoms with Gasteiger partial charge in [0, 0.05) is 12.1 Å². The van der Waals surface area contributed by atoms with Crippen molar-refractivity contribution >= 4 is 11.8 Å². The van der Waals surface area contributed by atoms with Gasteiger partial charge in [-0.05, 0) is 56.6 Å². The quantitative estimate of drug-likeness (QED) is 0.867. The van der Waals surface area contributed by atoms with Crippen LogP contribution in [0.4, 0.5) is 0 Å². The van der Waals surface area contributed by atoms with Gasteiger partial charge in [-0.15, -0.1) is 0 Å². The maximum absolute atomic E-state index is 3.79. The first-order chi connectivity index (χ1) is 8.74. The van der Waals surface area contributed by atoms with Crippen molar-refractivity contribution in [3.8, 4) is 0 Å². The summed E-state index contributed by atoms with van der Waals surface area (Å²) in [5.74, 6) is 2.67. The van der Waals surface area contributed by atoms with Gasteiger partial charge in [0.05, 0.1) is 0 Å². The summed E-state index contributed by atoms with van der Waals surface area (Å²) in [6, 6.07) is 10.3. The second kappa shape index (κ2) is 7.20. The van der Waals surface area contributed by atoms with E-state index in [0.29, 0.717) is 6.04 Å². The van der Waals surface area contributed by atoms with Gasteiger partial charge in [0.25, 0.3) is 0 Å². The molecule has 0 saturated carbocycles. The van der Waals surface area contributed by atoms with Crippen LogP contribution in [0.25, 0.3) is 0 Å². The summed E-state index contributed by atoms with van der Waals surface area (Å²) in [4.78, 5) is 0. The van der Waals surface area contributed by atoms with Crippen LogP contribution in [0.3, 0.4) is 0 Å². The molecule has 1 heterocycles. The molecule has 100 valence electrons. The van der Waals surface area contributed by atoms with Crippen molar-refractivity contribution in [3.05, 3.63) is 35.4 Å². The lowest BCUT2D eigenvalue weighted by atomic mass is 10.0. The molecule has 1 atom stereocenters. The standard InChI is InChI=1S/C16H25NS/c1-13-4-3-5-15(12-13)7-6-14(2)17-16-8-10-18-11-9-16/h3-5,12,14,16-17H,6-11H2,1-2H3. The zero-order chi connectivity index (χ0) is 12.8. The summed E-state index contributed by atoms with van der Waals surface area (Å²) >= 11 is 2.10. The lowest BCUT2D eigenvalue weighted by Crippen LogP contribution is -2.39. The van der Waals surface area contributed by atoms with Crippen LogP contribution in [-0.2, 0) is 6.42 Å². The predicted molar refractivity (Wildman–Crippen MR) is 82.4 cm³/mol. The fraction of sp³-hybridized carbons (Fsp3) is 0.625. The third-order valence-corrected chi connectivity index (χ3v) is 4.74. The van der Waals surface area contributed by atoms with E-state index in [4.69, 9.17) is 0 Å². The molecule has 1 unspecified atom stereocenters. The molecule has 0 aliphatic carbocycles. The Morgan fingerprint density at radius 3 is 2.83 bits per heavy atom. The molecule has 1 N–H and O–H groups in total. The van der Waals surface area contributed by atoms with Gasteiger partial charge in [-0.25, -0.2) is 0 Å². The lowest BCUT2D eigenvalue weighted by molar-refractivity contribution is 0.408. The van der Waals surface area contributed by atoms with Gasteiger partial charge in [0.1, 0.15) is 0 Å². The van der Waals surface area contributed by atoms with Gasteiger partial charge < -0.3 is 5.32 Å². The highest BCUT2D eigenvalue weighted by Crippen LogP contribution is 2.18. The molecule has 0 radical (unpaired) electrons. The molecule has 0 bridgehead atoms. The lowest BCUT2D eigenvalue weighted by Gasteiger charge is -2.26. The molecule has 2 heteroatoms. The summed E-state index contributed by atoms with van der Waals surface area (Å²) in [6.45, 7) is 4.50. The van der Waals surface area contributed by atoms with E-state index in [0.717, 1.165) is 6.04 Å². The summed E-state index contributed by atoms with van der Waals surface area (Å²) in [5.41, 5.74) is 2.85. The van der Waals surface area contributed by atoms with E-state index in [9.17, 15) is 0 Å². The smallest absolute Gasteiger partial charge is 0.00852 e. The molecule has 0 aromatic heterocycles. The molecule has 1 nitrogen and oxygen atoms in total. The largest absolute Gasteiger partial charge is 0.311 e. The van der Waals surface area contributed by atoms with E-state index < -0.39 is 0 Å². The second-order valence-corrected chi connectivity index (χ2v) is 6.71. The number of hydrogen-bond acceptors (Lipinski definition) is 2. The predicted octanol–water partition coefficient (Wildman–Crippen LogP) is 3.80. The monoisotopic (exact) mass is 263 g/mol. The molecule has 18 heavy (non-hydrogen) atoms. The molecule has 1 fully saturated rings. The van der Waals surface area contributed by atoms with Crippen LogP contribution in [0.1, 0.15) is 37.3 Å². The van der Waals surface area contributed by atoms with Crippen LogP contribution in [0.15, 0.2) is 24.3 Å².